The van der Waals surface area contributed by atoms with Gasteiger partial charge in [0, 0.05) is 112 Å². The fraction of sp³-hybridized carbons (Fsp3) is 0.571. The summed E-state index contributed by atoms with van der Waals surface area (Å²) in [6.07, 6.45) is 25.1. The summed E-state index contributed by atoms with van der Waals surface area (Å²) < 4.78 is 12.2. The minimum Gasteiger partial charge on any atom is -1.00 e. The second-order valence-electron chi connectivity index (χ2n) is 17.8. The van der Waals surface area contributed by atoms with Crippen molar-refractivity contribution in [1.29, 1.82) is 0 Å². The summed E-state index contributed by atoms with van der Waals surface area (Å²) in [5.41, 5.74) is 11.0. The highest BCUT2D eigenvalue weighted by Gasteiger charge is 2.63. The summed E-state index contributed by atoms with van der Waals surface area (Å²) in [5, 5.41) is 0. The molecule has 0 heterocycles. The van der Waals surface area contributed by atoms with Crippen LogP contribution in [0.4, 0.5) is 22.7 Å². The van der Waals surface area contributed by atoms with Crippen molar-refractivity contribution in [2.45, 2.75) is 184 Å². The summed E-state index contributed by atoms with van der Waals surface area (Å²) in [5.74, 6) is 0. The average molecular weight is 1740 g/mol. The summed E-state index contributed by atoms with van der Waals surface area (Å²) in [6.45, 7) is 22.9. The van der Waals surface area contributed by atoms with Crippen LogP contribution >= 0.6 is 120 Å². The van der Waals surface area contributed by atoms with Crippen molar-refractivity contribution in [3.05, 3.63) is 119 Å². The van der Waals surface area contributed by atoms with E-state index < -0.39 is 7.87 Å². The maximum absolute atomic E-state index is 3.05. The molecule has 0 spiro atoms. The first-order valence-electron chi connectivity index (χ1n) is 25.5. The SMILES string of the molecule is CCCCCCCN(c1ccccc1C)[P+](N(CCCCCCC)c1ccccc1C)(N(CCCCCCC)c1ccccc1C)N(CCCCCCC)c1ccccc1C.II.II.II.[I-]. The minimum absolute atomic E-state index is 0. The standard InChI is InChI=1S/C56H88N4P.3I2.HI/c1-9-13-17-21-33-45-57(53-41-29-25-37-49(53)5)61(58(46-34-22-18-14-10-2)54-42-30-26-38-50(54)6,59(47-35-23-19-15-11-3)55-43-31-27-39-51(55)7)60(48-36-24-20-16-12-4)56-44-32-28-40-52(56)8;3*1-2;/h25-32,37-44H,9-24,33-36,45-48H2,1-8H3;;;;1H/q+1;;;;/p-1. The first-order valence-corrected chi connectivity index (χ1v) is 46.0. The zero-order valence-electron chi connectivity index (χ0n) is 43.1. The van der Waals surface area contributed by atoms with Crippen LogP contribution in [0.1, 0.15) is 178 Å². The van der Waals surface area contributed by atoms with E-state index in [9.17, 15) is 0 Å². The largest absolute Gasteiger partial charge is 1.00 e. The van der Waals surface area contributed by atoms with Gasteiger partial charge in [0.15, 0.2) is 0 Å². The van der Waals surface area contributed by atoms with Gasteiger partial charge in [-0.05, 0) is 99.9 Å². The molecule has 0 bridgehead atoms. The van der Waals surface area contributed by atoms with E-state index in [4.69, 9.17) is 0 Å². The monoisotopic (exact) mass is 1740 g/mol. The zero-order chi connectivity index (χ0) is 49.7. The summed E-state index contributed by atoms with van der Waals surface area (Å²) in [4.78, 5) is 0. The van der Waals surface area contributed by atoms with E-state index in [-0.39, 0.29) is 24.0 Å². The molecule has 0 aromatic heterocycles. The lowest BCUT2D eigenvalue weighted by Crippen LogP contribution is -3.00. The number of halogens is 7. The van der Waals surface area contributed by atoms with Crippen molar-refractivity contribution in [2.75, 3.05) is 44.9 Å². The fourth-order valence-corrected chi connectivity index (χ4v) is 14.5. The van der Waals surface area contributed by atoms with E-state index in [0.29, 0.717) is 0 Å². The van der Waals surface area contributed by atoms with E-state index in [1.807, 2.05) is 0 Å². The van der Waals surface area contributed by atoms with Crippen LogP contribution in [0.5, 0.6) is 0 Å². The van der Waals surface area contributed by atoms with Gasteiger partial charge in [-0.1, -0.05) is 203 Å². The van der Waals surface area contributed by atoms with Crippen LogP contribution < -0.4 is 42.7 Å². The predicted octanol–water partition coefficient (Wildman–Crippen LogP) is 20.1. The Balaban J connectivity index is 0.00000616. The molecule has 386 valence electrons. The molecule has 0 unspecified atom stereocenters. The Bertz CT molecular complexity index is 1540. The normalized spacial score (nSPS) is 10.6. The van der Waals surface area contributed by atoms with Crippen molar-refractivity contribution in [3.63, 3.8) is 0 Å². The van der Waals surface area contributed by atoms with Crippen LogP contribution in [0.25, 0.3) is 0 Å². The Morgan fingerprint density at radius 2 is 0.471 bits per heavy atom. The molecule has 0 atom stereocenters. The number of hydrogen-bond donors (Lipinski definition) is 0. The van der Waals surface area contributed by atoms with Crippen LogP contribution in [-0.2, 0) is 0 Å². The van der Waals surface area contributed by atoms with Crippen LogP contribution in [0.3, 0.4) is 0 Å². The smallest absolute Gasteiger partial charge is 0.405 e. The summed E-state index contributed by atoms with van der Waals surface area (Å²) >= 11 is 12.7. The quantitative estimate of drug-likeness (QED) is 0.0274. The van der Waals surface area contributed by atoms with Gasteiger partial charge in [0.05, 0.1) is 48.9 Å². The zero-order valence-corrected chi connectivity index (χ0v) is 59.1. The molecule has 0 aliphatic carbocycles. The Morgan fingerprint density at radius 3 is 0.647 bits per heavy atom. The topological polar surface area (TPSA) is 13.0 Å². The fourth-order valence-electron chi connectivity index (χ4n) is 9.25. The second kappa shape index (κ2) is 44.9. The van der Waals surface area contributed by atoms with Gasteiger partial charge in [0.25, 0.3) is 0 Å². The number of benzene rings is 4. The third kappa shape index (κ3) is 23.2. The highest BCUT2D eigenvalue weighted by molar-refractivity contribution is 15.0. The van der Waals surface area contributed by atoms with Gasteiger partial charge in [-0.25, -0.2) is 0 Å². The highest BCUT2D eigenvalue weighted by Crippen LogP contribution is 2.74. The van der Waals surface area contributed by atoms with Gasteiger partial charge in [-0.2, -0.15) is 18.7 Å². The number of hydrogen-bond acceptors (Lipinski definition) is 4. The van der Waals surface area contributed by atoms with Crippen LogP contribution in [-0.4, -0.2) is 26.2 Å². The highest BCUT2D eigenvalue weighted by atomic mass is 128. The average Bonchev–Trinajstić information content (AvgIpc) is 3.36. The molecule has 68 heavy (non-hydrogen) atoms. The number of aryl methyl sites for hydroxylation is 4. The Hall–Kier alpha value is 1.62. The Labute approximate surface area is 506 Å². The van der Waals surface area contributed by atoms with Crippen molar-refractivity contribution in [3.8, 4) is 0 Å². The number of unbranched alkanes of at least 4 members (excludes halogenated alkanes) is 16. The van der Waals surface area contributed by atoms with Gasteiger partial charge in [-0.3, -0.25) is 0 Å². The number of para-hydroxylation sites is 4. The van der Waals surface area contributed by atoms with Crippen molar-refractivity contribution >= 4 is 142 Å². The second-order valence-corrected chi connectivity index (χ2v) is 20.8. The maximum atomic E-state index is 3.05. The molecule has 0 N–H and O–H groups in total. The van der Waals surface area contributed by atoms with Crippen molar-refractivity contribution in [1.82, 2.24) is 0 Å². The van der Waals surface area contributed by atoms with E-state index in [2.05, 4.69) is 283 Å². The molecule has 0 fully saturated rings. The molecule has 0 radical (unpaired) electrons. The lowest BCUT2D eigenvalue weighted by molar-refractivity contribution is -0.0000133. The van der Waals surface area contributed by atoms with Crippen LogP contribution in [0, 0.1) is 27.7 Å². The van der Waals surface area contributed by atoms with Crippen LogP contribution in [0.15, 0.2) is 97.1 Å². The Morgan fingerprint density at radius 1 is 0.294 bits per heavy atom. The first kappa shape index (κ1) is 69.6. The molecule has 4 rings (SSSR count). The van der Waals surface area contributed by atoms with Gasteiger partial charge >= 0.3 is 7.87 Å². The van der Waals surface area contributed by atoms with E-state index in [0.717, 1.165) is 26.2 Å². The third-order valence-corrected chi connectivity index (χ3v) is 17.0. The summed E-state index contributed by atoms with van der Waals surface area (Å²) in [6, 6.07) is 37.7. The third-order valence-electron chi connectivity index (χ3n) is 12.8. The van der Waals surface area contributed by atoms with Gasteiger partial charge in [0.2, 0.25) is 0 Å². The molecule has 0 aliphatic rings. The van der Waals surface area contributed by atoms with Crippen LogP contribution in [0.2, 0.25) is 0 Å². The van der Waals surface area contributed by atoms with Gasteiger partial charge in [0.1, 0.15) is 0 Å². The van der Waals surface area contributed by atoms with E-state index in [1.165, 1.54) is 173 Å². The molecule has 0 amide bonds. The molecule has 4 aromatic rings. The molecule has 0 aliphatic heterocycles. The predicted molar refractivity (Wildman–Crippen MR) is 360 cm³/mol. The minimum atomic E-state index is -2.82. The lowest BCUT2D eigenvalue weighted by Gasteiger charge is -2.54. The van der Waals surface area contributed by atoms with Crippen molar-refractivity contribution < 1.29 is 24.0 Å². The van der Waals surface area contributed by atoms with Crippen molar-refractivity contribution in [2.24, 2.45) is 0 Å². The molecule has 0 saturated heterocycles. The van der Waals surface area contributed by atoms with Gasteiger partial charge < -0.3 is 24.0 Å². The number of anilines is 4. The lowest BCUT2D eigenvalue weighted by atomic mass is 10.1. The molecular weight excluding hydrogens is 1650 g/mol. The molecule has 0 saturated carbocycles. The first-order chi connectivity index (χ1) is 32.9. The molecule has 4 nitrogen and oxygen atoms in total. The van der Waals surface area contributed by atoms with Gasteiger partial charge in [-0.15, -0.1) is 0 Å². The molecule has 4 aromatic carbocycles. The maximum Gasteiger partial charge on any atom is 0.405 e. The number of rotatable bonds is 32. The number of nitrogens with zero attached hydrogens (tertiary/aromatic N) is 4. The summed E-state index contributed by atoms with van der Waals surface area (Å²) in [7, 11) is -2.82. The molecule has 12 heteroatoms. The Kier molecular flexibility index (Phi) is 45.9. The van der Waals surface area contributed by atoms with E-state index >= 15 is 0 Å². The van der Waals surface area contributed by atoms with E-state index in [1.54, 1.807) is 0 Å². The molecular formula is C56H88I7N4P.